The van der Waals surface area contributed by atoms with E-state index in [4.69, 9.17) is 24.5 Å². The zero-order valence-electron chi connectivity index (χ0n) is 17.7. The highest BCUT2D eigenvalue weighted by atomic mass is 16.7. The lowest BCUT2D eigenvalue weighted by molar-refractivity contribution is 0.173. The van der Waals surface area contributed by atoms with Crippen LogP contribution in [0.25, 0.3) is 0 Å². The van der Waals surface area contributed by atoms with Crippen molar-refractivity contribution < 1.29 is 14.2 Å². The van der Waals surface area contributed by atoms with Crippen LogP contribution in [0.4, 0.5) is 11.5 Å². The Kier molecular flexibility index (Phi) is 5.48. The average molecular weight is 429 g/mol. The second kappa shape index (κ2) is 8.73. The maximum atomic E-state index is 8.91. The van der Waals surface area contributed by atoms with Gasteiger partial charge in [0, 0.05) is 18.2 Å². The van der Waals surface area contributed by atoms with E-state index < -0.39 is 0 Å². The molecule has 5 rings (SSSR count). The number of benzene rings is 1. The number of methoxy groups -OCH3 is 1. The molecule has 8 heteroatoms. The van der Waals surface area contributed by atoms with E-state index in [9.17, 15) is 0 Å². The molecule has 1 atom stereocenters. The molecule has 1 aromatic carbocycles. The first-order valence-corrected chi connectivity index (χ1v) is 10.5. The smallest absolute Gasteiger partial charge is 0.231 e. The molecule has 2 aliphatic heterocycles. The third-order valence-corrected chi connectivity index (χ3v) is 5.78. The molecule has 1 saturated heterocycles. The van der Waals surface area contributed by atoms with Crippen molar-refractivity contribution in [3.63, 3.8) is 0 Å². The first kappa shape index (κ1) is 20.1. The second-order valence-corrected chi connectivity index (χ2v) is 7.76. The molecule has 2 aliphatic rings. The first-order chi connectivity index (χ1) is 15.7. The number of pyridine rings is 2. The topological polar surface area (TPSA) is 92.5 Å². The van der Waals surface area contributed by atoms with Crippen molar-refractivity contribution in [2.75, 3.05) is 25.8 Å². The Morgan fingerprint density at radius 2 is 2.09 bits per heavy atom. The molecule has 1 N–H and O–H groups in total. The number of aromatic nitrogens is 2. The van der Waals surface area contributed by atoms with Crippen molar-refractivity contribution in [2.45, 2.75) is 25.4 Å². The summed E-state index contributed by atoms with van der Waals surface area (Å²) < 4.78 is 16.6. The Morgan fingerprint density at radius 1 is 1.22 bits per heavy atom. The average Bonchev–Trinajstić information content (AvgIpc) is 3.48. The van der Waals surface area contributed by atoms with E-state index in [0.29, 0.717) is 5.69 Å². The highest BCUT2D eigenvalue weighted by Crippen LogP contribution is 2.40. The van der Waals surface area contributed by atoms with Gasteiger partial charge in [-0.1, -0.05) is 6.07 Å². The summed E-state index contributed by atoms with van der Waals surface area (Å²) in [5.41, 5.74) is 3.27. The molecule has 0 amide bonds. The number of anilines is 2. The van der Waals surface area contributed by atoms with Crippen molar-refractivity contribution in [1.82, 2.24) is 14.9 Å². The molecular formula is C24H23N5O3. The second-order valence-electron chi connectivity index (χ2n) is 7.76. The van der Waals surface area contributed by atoms with E-state index in [1.807, 2.05) is 36.4 Å². The number of hydrogen-bond donors (Lipinski definition) is 1. The van der Waals surface area contributed by atoms with Crippen molar-refractivity contribution in [1.29, 1.82) is 5.26 Å². The summed E-state index contributed by atoms with van der Waals surface area (Å²) in [4.78, 5) is 11.4. The van der Waals surface area contributed by atoms with Crippen molar-refractivity contribution in [3.05, 3.63) is 65.6 Å². The maximum Gasteiger partial charge on any atom is 0.231 e. The summed E-state index contributed by atoms with van der Waals surface area (Å²) in [6, 6.07) is 15.7. The van der Waals surface area contributed by atoms with E-state index in [1.165, 1.54) is 0 Å². The van der Waals surface area contributed by atoms with Gasteiger partial charge in [-0.25, -0.2) is 9.97 Å². The number of nitrogens with zero attached hydrogens (tertiary/aromatic N) is 4. The lowest BCUT2D eigenvalue weighted by Gasteiger charge is -2.25. The Labute approximate surface area is 186 Å². The molecule has 162 valence electrons. The number of nitriles is 1. The minimum atomic E-state index is 0.214. The quantitative estimate of drug-likeness (QED) is 0.624. The fraction of sp³-hybridized carbons (Fsp3) is 0.292. The van der Waals surface area contributed by atoms with Gasteiger partial charge in [-0.3, -0.25) is 4.90 Å². The number of nitrogens with one attached hydrogen (secondary N) is 1. The van der Waals surface area contributed by atoms with E-state index in [1.54, 1.807) is 19.4 Å². The van der Waals surface area contributed by atoms with Gasteiger partial charge in [0.25, 0.3) is 0 Å². The predicted molar refractivity (Wildman–Crippen MR) is 118 cm³/mol. The van der Waals surface area contributed by atoms with Gasteiger partial charge in [0.2, 0.25) is 6.79 Å². The van der Waals surface area contributed by atoms with E-state index in [-0.39, 0.29) is 12.8 Å². The molecule has 0 spiro atoms. The van der Waals surface area contributed by atoms with Crippen molar-refractivity contribution in [3.8, 4) is 23.3 Å². The summed E-state index contributed by atoms with van der Waals surface area (Å²) in [7, 11) is 1.68. The van der Waals surface area contributed by atoms with Gasteiger partial charge in [-0.2, -0.15) is 5.26 Å². The zero-order valence-corrected chi connectivity index (χ0v) is 17.7. The van der Waals surface area contributed by atoms with Gasteiger partial charge in [0.05, 0.1) is 30.7 Å². The summed E-state index contributed by atoms with van der Waals surface area (Å²) in [5, 5.41) is 12.2. The Bertz CT molecular complexity index is 1160. The maximum absolute atomic E-state index is 8.91. The first-order valence-electron chi connectivity index (χ1n) is 10.5. The van der Waals surface area contributed by atoms with Gasteiger partial charge in [0.1, 0.15) is 23.3 Å². The lowest BCUT2D eigenvalue weighted by atomic mass is 10.1. The normalized spacial score (nSPS) is 17.2. The highest BCUT2D eigenvalue weighted by Gasteiger charge is 2.29. The van der Waals surface area contributed by atoms with Crippen LogP contribution in [-0.4, -0.2) is 35.3 Å². The number of rotatable bonds is 6. The van der Waals surface area contributed by atoms with Gasteiger partial charge < -0.3 is 19.5 Å². The molecule has 32 heavy (non-hydrogen) atoms. The zero-order chi connectivity index (χ0) is 21.9. The van der Waals surface area contributed by atoms with Crippen LogP contribution in [0.3, 0.4) is 0 Å². The Balaban J connectivity index is 1.35. The van der Waals surface area contributed by atoms with Crippen LogP contribution in [0.5, 0.6) is 17.2 Å². The van der Waals surface area contributed by atoms with Gasteiger partial charge in [-0.05, 0) is 49.7 Å². The number of hydrogen-bond acceptors (Lipinski definition) is 8. The SMILES string of the molecule is COc1cc2c(cc1CN1CCC[C@H]1c1cccc(Nc3ccc(C#N)nc3)n1)OCO2. The van der Waals surface area contributed by atoms with Gasteiger partial charge in [0.15, 0.2) is 11.5 Å². The molecule has 2 aromatic heterocycles. The van der Waals surface area contributed by atoms with Crippen molar-refractivity contribution in [2.24, 2.45) is 0 Å². The Morgan fingerprint density at radius 3 is 2.88 bits per heavy atom. The molecule has 0 unspecified atom stereocenters. The van der Waals surface area contributed by atoms with Crippen LogP contribution in [0.1, 0.15) is 35.8 Å². The number of fused-ring (bicyclic) bond motifs is 1. The monoisotopic (exact) mass is 429 g/mol. The summed E-state index contributed by atoms with van der Waals surface area (Å²) >= 11 is 0. The van der Waals surface area contributed by atoms with E-state index in [2.05, 4.69) is 21.3 Å². The van der Waals surface area contributed by atoms with Gasteiger partial charge in [-0.15, -0.1) is 0 Å². The van der Waals surface area contributed by atoms with Crippen molar-refractivity contribution >= 4 is 11.5 Å². The van der Waals surface area contributed by atoms with Gasteiger partial charge >= 0.3 is 0 Å². The van der Waals surface area contributed by atoms with Crippen LogP contribution < -0.4 is 19.5 Å². The summed E-state index contributed by atoms with van der Waals surface area (Å²) in [6.45, 7) is 1.97. The fourth-order valence-corrected chi connectivity index (χ4v) is 4.24. The van der Waals surface area contributed by atoms with Crippen LogP contribution >= 0.6 is 0 Å². The minimum absolute atomic E-state index is 0.214. The molecule has 0 aliphatic carbocycles. The van der Waals surface area contributed by atoms with Crippen LogP contribution in [0.2, 0.25) is 0 Å². The molecule has 0 saturated carbocycles. The molecule has 3 aromatic rings. The van der Waals surface area contributed by atoms with E-state index in [0.717, 1.165) is 65.9 Å². The predicted octanol–water partition coefficient (Wildman–Crippen LogP) is 4.17. The van der Waals surface area contributed by atoms with Crippen LogP contribution in [0.15, 0.2) is 48.7 Å². The molecular weight excluding hydrogens is 406 g/mol. The molecule has 8 nitrogen and oxygen atoms in total. The summed E-state index contributed by atoms with van der Waals surface area (Å²) in [6.07, 6.45) is 3.79. The molecule has 4 heterocycles. The third kappa shape index (κ3) is 4.03. The fourth-order valence-electron chi connectivity index (χ4n) is 4.24. The number of likely N-dealkylation sites (tertiary alicyclic amines) is 1. The Hall–Kier alpha value is -3.83. The largest absolute Gasteiger partial charge is 0.496 e. The molecule has 0 radical (unpaired) electrons. The molecule has 0 bridgehead atoms. The third-order valence-electron chi connectivity index (χ3n) is 5.78. The highest BCUT2D eigenvalue weighted by molar-refractivity contribution is 5.55. The molecule has 1 fully saturated rings. The number of ether oxygens (including phenoxy) is 3. The van der Waals surface area contributed by atoms with E-state index >= 15 is 0 Å². The van der Waals surface area contributed by atoms with Crippen LogP contribution in [-0.2, 0) is 6.54 Å². The van der Waals surface area contributed by atoms with Crippen LogP contribution in [0, 0.1) is 11.3 Å². The standard InChI is InChI=1S/C24H23N5O3/c1-30-21-11-23-22(31-15-32-23)10-16(21)14-29-9-3-5-20(29)19-4-2-6-24(28-19)27-18-8-7-17(12-25)26-13-18/h2,4,6-8,10-11,13,20H,3,5,9,14-15H2,1H3,(H,27,28)/t20-/m0/s1. The minimum Gasteiger partial charge on any atom is -0.496 e. The summed E-state index contributed by atoms with van der Waals surface area (Å²) in [5.74, 6) is 3.04. The lowest BCUT2D eigenvalue weighted by Crippen LogP contribution is -2.24.